The molecule has 0 radical (unpaired) electrons. The SMILES string of the molecule is COc1ccccc1C(C)NC1CCCC(C)CC1. The Balaban J connectivity index is 1.98. The predicted molar refractivity (Wildman–Crippen MR) is 80.6 cm³/mol. The maximum Gasteiger partial charge on any atom is 0.123 e. The van der Waals surface area contributed by atoms with Crippen molar-refractivity contribution >= 4 is 0 Å². The van der Waals surface area contributed by atoms with Crippen LogP contribution in [-0.2, 0) is 0 Å². The Kier molecular flexibility index (Phi) is 5.26. The van der Waals surface area contributed by atoms with Crippen LogP contribution < -0.4 is 10.1 Å². The number of hydrogen-bond acceptors (Lipinski definition) is 2. The first-order valence-electron chi connectivity index (χ1n) is 7.59. The maximum atomic E-state index is 5.46. The Morgan fingerprint density at radius 2 is 1.95 bits per heavy atom. The number of para-hydroxylation sites is 1. The lowest BCUT2D eigenvalue weighted by atomic mass is 10.0. The molecule has 3 unspecified atom stereocenters. The Bertz CT molecular complexity index is 391. The second-order valence-electron chi connectivity index (χ2n) is 5.94. The van der Waals surface area contributed by atoms with Crippen molar-refractivity contribution in [1.29, 1.82) is 0 Å². The average molecular weight is 261 g/mol. The lowest BCUT2D eigenvalue weighted by Crippen LogP contribution is -2.31. The first kappa shape index (κ1) is 14.4. The monoisotopic (exact) mass is 261 g/mol. The Morgan fingerprint density at radius 1 is 1.16 bits per heavy atom. The molecule has 1 aliphatic carbocycles. The minimum Gasteiger partial charge on any atom is -0.496 e. The molecule has 1 aromatic rings. The largest absolute Gasteiger partial charge is 0.496 e. The van der Waals surface area contributed by atoms with Gasteiger partial charge in [0.1, 0.15) is 5.75 Å². The van der Waals surface area contributed by atoms with E-state index in [2.05, 4.69) is 31.3 Å². The van der Waals surface area contributed by atoms with E-state index in [0.29, 0.717) is 12.1 Å². The molecule has 2 rings (SSSR count). The van der Waals surface area contributed by atoms with Crippen LogP contribution in [0.4, 0.5) is 0 Å². The van der Waals surface area contributed by atoms with Crippen LogP contribution in [0, 0.1) is 5.92 Å². The molecule has 0 aromatic heterocycles. The summed E-state index contributed by atoms with van der Waals surface area (Å²) in [6.07, 6.45) is 6.72. The zero-order chi connectivity index (χ0) is 13.7. The molecule has 0 bridgehead atoms. The van der Waals surface area contributed by atoms with Crippen molar-refractivity contribution < 1.29 is 4.74 Å². The summed E-state index contributed by atoms with van der Waals surface area (Å²) in [5.74, 6) is 1.89. The van der Waals surface area contributed by atoms with Crippen molar-refractivity contribution in [3.05, 3.63) is 29.8 Å². The lowest BCUT2D eigenvalue weighted by Gasteiger charge is -2.23. The van der Waals surface area contributed by atoms with Gasteiger partial charge in [-0.3, -0.25) is 0 Å². The highest BCUT2D eigenvalue weighted by molar-refractivity contribution is 5.35. The molecular weight excluding hydrogens is 234 g/mol. The van der Waals surface area contributed by atoms with Crippen LogP contribution in [0.5, 0.6) is 5.75 Å². The smallest absolute Gasteiger partial charge is 0.123 e. The molecule has 2 heteroatoms. The van der Waals surface area contributed by atoms with Crippen molar-refractivity contribution in [3.8, 4) is 5.75 Å². The zero-order valence-corrected chi connectivity index (χ0v) is 12.5. The van der Waals surface area contributed by atoms with Gasteiger partial charge in [-0.05, 0) is 38.2 Å². The quantitative estimate of drug-likeness (QED) is 0.815. The van der Waals surface area contributed by atoms with Crippen LogP contribution in [0.15, 0.2) is 24.3 Å². The summed E-state index contributed by atoms with van der Waals surface area (Å²) >= 11 is 0. The molecule has 19 heavy (non-hydrogen) atoms. The molecule has 3 atom stereocenters. The molecule has 1 aliphatic rings. The summed E-state index contributed by atoms with van der Waals surface area (Å²) in [5.41, 5.74) is 1.27. The minimum absolute atomic E-state index is 0.356. The van der Waals surface area contributed by atoms with Crippen molar-refractivity contribution in [1.82, 2.24) is 5.32 Å². The van der Waals surface area contributed by atoms with E-state index in [-0.39, 0.29) is 0 Å². The normalized spacial score (nSPS) is 25.6. The topological polar surface area (TPSA) is 21.3 Å². The lowest BCUT2D eigenvalue weighted by molar-refractivity contribution is 0.379. The van der Waals surface area contributed by atoms with Gasteiger partial charge in [0.2, 0.25) is 0 Å². The number of methoxy groups -OCH3 is 1. The van der Waals surface area contributed by atoms with Gasteiger partial charge in [0.15, 0.2) is 0 Å². The van der Waals surface area contributed by atoms with E-state index in [1.54, 1.807) is 7.11 Å². The van der Waals surface area contributed by atoms with Crippen molar-refractivity contribution in [2.24, 2.45) is 5.92 Å². The van der Waals surface area contributed by atoms with Gasteiger partial charge in [-0.1, -0.05) is 38.0 Å². The van der Waals surface area contributed by atoms with Gasteiger partial charge >= 0.3 is 0 Å². The van der Waals surface area contributed by atoms with Gasteiger partial charge < -0.3 is 10.1 Å². The minimum atomic E-state index is 0.356. The summed E-state index contributed by atoms with van der Waals surface area (Å²) in [6, 6.07) is 9.34. The number of hydrogen-bond donors (Lipinski definition) is 1. The number of rotatable bonds is 4. The van der Waals surface area contributed by atoms with E-state index >= 15 is 0 Å². The number of nitrogens with one attached hydrogen (secondary N) is 1. The number of benzene rings is 1. The molecule has 1 fully saturated rings. The van der Waals surface area contributed by atoms with Gasteiger partial charge in [0.25, 0.3) is 0 Å². The molecule has 0 saturated heterocycles. The molecule has 1 saturated carbocycles. The highest BCUT2D eigenvalue weighted by atomic mass is 16.5. The van der Waals surface area contributed by atoms with Crippen LogP contribution >= 0.6 is 0 Å². The molecule has 1 aromatic carbocycles. The summed E-state index contributed by atoms with van der Waals surface area (Å²) < 4.78 is 5.46. The highest BCUT2D eigenvalue weighted by Gasteiger charge is 2.19. The average Bonchev–Trinajstić information content (AvgIpc) is 2.63. The fourth-order valence-corrected chi connectivity index (χ4v) is 3.12. The molecule has 106 valence electrons. The van der Waals surface area contributed by atoms with Crippen LogP contribution in [0.25, 0.3) is 0 Å². The number of ether oxygens (including phenoxy) is 1. The van der Waals surface area contributed by atoms with Crippen LogP contribution in [0.3, 0.4) is 0 Å². The fraction of sp³-hybridized carbons (Fsp3) is 0.647. The van der Waals surface area contributed by atoms with Gasteiger partial charge in [-0.2, -0.15) is 0 Å². The van der Waals surface area contributed by atoms with Crippen LogP contribution in [0.1, 0.15) is 57.6 Å². The fourth-order valence-electron chi connectivity index (χ4n) is 3.12. The standard InChI is InChI=1S/C17H27NO/c1-13-7-6-8-15(12-11-13)18-14(2)16-9-4-5-10-17(16)19-3/h4-5,9-10,13-15,18H,6-8,11-12H2,1-3H3. The van der Waals surface area contributed by atoms with Gasteiger partial charge in [-0.15, -0.1) is 0 Å². The summed E-state index contributed by atoms with van der Waals surface area (Å²) in [6.45, 7) is 4.62. The first-order chi connectivity index (χ1) is 9.20. The Hall–Kier alpha value is -1.02. The zero-order valence-electron chi connectivity index (χ0n) is 12.5. The van der Waals surface area contributed by atoms with Crippen molar-refractivity contribution in [3.63, 3.8) is 0 Å². The Morgan fingerprint density at radius 3 is 2.74 bits per heavy atom. The van der Waals surface area contributed by atoms with Crippen LogP contribution in [-0.4, -0.2) is 13.2 Å². The molecule has 0 amide bonds. The maximum absolute atomic E-state index is 5.46. The van der Waals surface area contributed by atoms with E-state index in [4.69, 9.17) is 4.74 Å². The molecule has 0 spiro atoms. The van der Waals surface area contributed by atoms with E-state index in [1.807, 2.05) is 12.1 Å². The van der Waals surface area contributed by atoms with E-state index in [1.165, 1.54) is 37.7 Å². The second kappa shape index (κ2) is 6.95. The molecule has 2 nitrogen and oxygen atoms in total. The molecular formula is C17H27NO. The predicted octanol–water partition coefficient (Wildman–Crippen LogP) is 4.31. The third kappa shape index (κ3) is 3.97. The summed E-state index contributed by atoms with van der Waals surface area (Å²) in [5, 5.41) is 3.79. The van der Waals surface area contributed by atoms with Crippen molar-refractivity contribution in [2.75, 3.05) is 7.11 Å². The summed E-state index contributed by atoms with van der Waals surface area (Å²) in [7, 11) is 1.75. The first-order valence-corrected chi connectivity index (χ1v) is 7.59. The Labute approximate surface area is 117 Å². The molecule has 1 N–H and O–H groups in total. The van der Waals surface area contributed by atoms with E-state index < -0.39 is 0 Å². The third-order valence-electron chi connectivity index (χ3n) is 4.35. The molecule has 0 aliphatic heterocycles. The molecule has 0 heterocycles. The van der Waals surface area contributed by atoms with Crippen LogP contribution in [0.2, 0.25) is 0 Å². The second-order valence-corrected chi connectivity index (χ2v) is 5.94. The highest BCUT2D eigenvalue weighted by Crippen LogP contribution is 2.28. The summed E-state index contributed by atoms with van der Waals surface area (Å²) in [4.78, 5) is 0. The van der Waals surface area contributed by atoms with Gasteiger partial charge in [-0.25, -0.2) is 0 Å². The van der Waals surface area contributed by atoms with Crippen molar-refractivity contribution in [2.45, 2.75) is 58.0 Å². The van der Waals surface area contributed by atoms with Gasteiger partial charge in [0.05, 0.1) is 7.11 Å². The third-order valence-corrected chi connectivity index (χ3v) is 4.35. The van der Waals surface area contributed by atoms with Gasteiger partial charge in [0, 0.05) is 17.6 Å². The van der Waals surface area contributed by atoms with E-state index in [0.717, 1.165) is 11.7 Å². The van der Waals surface area contributed by atoms with E-state index in [9.17, 15) is 0 Å².